The number of nitrogens with zero attached hydrogens (tertiary/aromatic N) is 3. The molecule has 0 atom stereocenters. The van der Waals surface area contributed by atoms with Gasteiger partial charge in [-0.2, -0.15) is 0 Å². The smallest absolute Gasteiger partial charge is 0.258 e. The number of hydrogen-bond donors (Lipinski definition) is 1. The van der Waals surface area contributed by atoms with Crippen LogP contribution in [0.25, 0.3) is 0 Å². The first-order chi connectivity index (χ1) is 16.8. The third-order valence-corrected chi connectivity index (χ3v) is 6.42. The zero-order valence-electron chi connectivity index (χ0n) is 19.7. The molecule has 0 saturated carbocycles. The first kappa shape index (κ1) is 23.0. The number of rotatable bonds is 5. The molecule has 3 heterocycles. The van der Waals surface area contributed by atoms with E-state index >= 15 is 0 Å². The Labute approximate surface area is 203 Å². The average Bonchev–Trinajstić information content (AvgIpc) is 2.95. The summed E-state index contributed by atoms with van der Waals surface area (Å²) < 4.78 is 20.2. The van der Waals surface area contributed by atoms with E-state index in [0.717, 1.165) is 5.56 Å². The number of hydrogen-bond acceptors (Lipinski definition) is 5. The molecule has 5 rings (SSSR count). The van der Waals surface area contributed by atoms with E-state index in [2.05, 4.69) is 15.2 Å². The zero-order chi connectivity index (χ0) is 24.6. The van der Waals surface area contributed by atoms with E-state index in [1.807, 2.05) is 24.8 Å². The minimum Gasteiger partial charge on any atom is -0.480 e. The van der Waals surface area contributed by atoms with Crippen molar-refractivity contribution >= 4 is 17.5 Å². The van der Waals surface area contributed by atoms with Crippen molar-refractivity contribution in [2.45, 2.75) is 32.0 Å². The minimum absolute atomic E-state index is 0.0266. The lowest BCUT2D eigenvalue weighted by Crippen LogP contribution is -2.69. The van der Waals surface area contributed by atoms with E-state index in [4.69, 9.17) is 4.74 Å². The highest BCUT2D eigenvalue weighted by Gasteiger charge is 2.50. The van der Waals surface area contributed by atoms with Gasteiger partial charge in [-0.1, -0.05) is 18.2 Å². The topological polar surface area (TPSA) is 74.8 Å². The van der Waals surface area contributed by atoms with E-state index in [1.54, 1.807) is 48.8 Å². The van der Waals surface area contributed by atoms with Gasteiger partial charge in [-0.05, 0) is 55.8 Å². The molecule has 1 aromatic heterocycles. The second-order valence-corrected chi connectivity index (χ2v) is 9.46. The maximum Gasteiger partial charge on any atom is 0.258 e. The van der Waals surface area contributed by atoms with Crippen LogP contribution in [0.1, 0.15) is 40.1 Å². The van der Waals surface area contributed by atoms with Gasteiger partial charge < -0.3 is 15.0 Å². The number of nitrogens with one attached hydrogen (secondary N) is 1. The number of anilines is 1. The molecule has 2 aliphatic rings. The highest BCUT2D eigenvalue weighted by molar-refractivity contribution is 6.07. The van der Waals surface area contributed by atoms with Crippen molar-refractivity contribution in [2.24, 2.45) is 0 Å². The minimum atomic E-state index is -0.629. The van der Waals surface area contributed by atoms with Crippen LogP contribution in [0.15, 0.2) is 67.0 Å². The van der Waals surface area contributed by atoms with Crippen molar-refractivity contribution in [1.29, 1.82) is 0 Å². The Balaban J connectivity index is 1.43. The van der Waals surface area contributed by atoms with Gasteiger partial charge in [-0.3, -0.25) is 19.5 Å². The molecule has 0 bridgehead atoms. The maximum absolute atomic E-state index is 13.6. The molecule has 2 amide bonds. The monoisotopic (exact) mass is 474 g/mol. The van der Waals surface area contributed by atoms with Crippen LogP contribution in [-0.4, -0.2) is 57.9 Å². The van der Waals surface area contributed by atoms with Crippen molar-refractivity contribution in [1.82, 2.24) is 14.8 Å². The average molecular weight is 475 g/mol. The lowest BCUT2D eigenvalue weighted by molar-refractivity contribution is -0.0924. The van der Waals surface area contributed by atoms with Crippen molar-refractivity contribution in [3.8, 4) is 5.75 Å². The summed E-state index contributed by atoms with van der Waals surface area (Å²) in [5, 5.41) is 2.90. The van der Waals surface area contributed by atoms with Crippen LogP contribution < -0.4 is 10.1 Å². The van der Waals surface area contributed by atoms with Gasteiger partial charge in [0.25, 0.3) is 11.8 Å². The van der Waals surface area contributed by atoms with E-state index in [-0.39, 0.29) is 23.7 Å². The fourth-order valence-corrected chi connectivity index (χ4v) is 4.75. The molecular weight excluding hydrogens is 447 g/mol. The molecule has 0 unspecified atom stereocenters. The Kier molecular flexibility index (Phi) is 5.98. The quantitative estimate of drug-likeness (QED) is 0.606. The number of aromatic nitrogens is 1. The molecule has 0 aliphatic carbocycles. The van der Waals surface area contributed by atoms with Crippen molar-refractivity contribution in [3.05, 3.63) is 89.5 Å². The molecule has 3 aromatic rings. The summed E-state index contributed by atoms with van der Waals surface area (Å²) in [4.78, 5) is 34.3. The molecule has 1 saturated heterocycles. The summed E-state index contributed by atoms with van der Waals surface area (Å²) in [6.45, 7) is 6.13. The summed E-state index contributed by atoms with van der Waals surface area (Å²) >= 11 is 0. The third-order valence-electron chi connectivity index (χ3n) is 6.42. The van der Waals surface area contributed by atoms with Crippen LogP contribution in [0.3, 0.4) is 0 Å². The Morgan fingerprint density at radius 3 is 2.57 bits per heavy atom. The SMILES string of the molecule is CC(C)N1CC2(CN(Cc3cccc(F)c3)C2)Oc2c(NC(=O)c3ccncc3)cccc2C1=O. The molecule has 1 fully saturated rings. The normalized spacial score (nSPS) is 16.9. The standard InChI is InChI=1S/C27H27FN4O3/c1-18(2)32-17-27(15-31(16-27)14-19-5-3-6-21(28)13-19)35-24-22(26(32)34)7-4-8-23(24)30-25(33)20-9-11-29-12-10-20/h3-13,18H,14-17H2,1-2H3,(H,30,33). The molecule has 180 valence electrons. The molecule has 35 heavy (non-hydrogen) atoms. The van der Waals surface area contributed by atoms with Crippen molar-refractivity contribution < 1.29 is 18.7 Å². The van der Waals surface area contributed by atoms with E-state index in [0.29, 0.717) is 48.7 Å². The molecular formula is C27H27FN4O3. The number of carbonyl (C=O) groups excluding carboxylic acids is 2. The second kappa shape index (κ2) is 9.11. The van der Waals surface area contributed by atoms with Gasteiger partial charge in [0.15, 0.2) is 11.4 Å². The van der Waals surface area contributed by atoms with Crippen LogP contribution in [0, 0.1) is 5.82 Å². The van der Waals surface area contributed by atoms with Crippen LogP contribution >= 0.6 is 0 Å². The summed E-state index contributed by atoms with van der Waals surface area (Å²) in [7, 11) is 0. The number of pyridine rings is 1. The van der Waals surface area contributed by atoms with Gasteiger partial charge in [0.05, 0.1) is 17.8 Å². The number of fused-ring (bicyclic) bond motifs is 1. The molecule has 1 spiro atoms. The second-order valence-electron chi connectivity index (χ2n) is 9.46. The highest BCUT2D eigenvalue weighted by Crippen LogP contribution is 2.40. The molecule has 2 aliphatic heterocycles. The van der Waals surface area contributed by atoms with Gasteiger partial charge in [-0.25, -0.2) is 4.39 Å². The van der Waals surface area contributed by atoms with E-state index in [9.17, 15) is 14.0 Å². The zero-order valence-corrected chi connectivity index (χ0v) is 19.7. The first-order valence-electron chi connectivity index (χ1n) is 11.6. The maximum atomic E-state index is 13.6. The van der Waals surface area contributed by atoms with E-state index < -0.39 is 5.60 Å². The lowest BCUT2D eigenvalue weighted by atomic mass is 9.92. The van der Waals surface area contributed by atoms with Gasteiger partial charge in [0.1, 0.15) is 5.82 Å². The number of para-hydroxylation sites is 1. The van der Waals surface area contributed by atoms with E-state index in [1.165, 1.54) is 12.1 Å². The molecule has 8 heteroatoms. The third kappa shape index (κ3) is 4.61. The van der Waals surface area contributed by atoms with Crippen molar-refractivity contribution in [2.75, 3.05) is 25.0 Å². The van der Waals surface area contributed by atoms with Crippen molar-refractivity contribution in [3.63, 3.8) is 0 Å². The number of amides is 2. The van der Waals surface area contributed by atoms with Crippen LogP contribution in [0.2, 0.25) is 0 Å². The number of likely N-dealkylation sites (tertiary alicyclic amines) is 1. The predicted octanol–water partition coefficient (Wildman–Crippen LogP) is 3.97. The molecule has 0 radical (unpaired) electrons. The molecule has 2 aromatic carbocycles. The largest absolute Gasteiger partial charge is 0.480 e. The Bertz CT molecular complexity index is 1260. The number of carbonyl (C=O) groups is 2. The summed E-state index contributed by atoms with van der Waals surface area (Å²) in [6.07, 6.45) is 3.11. The first-order valence-corrected chi connectivity index (χ1v) is 11.6. The Morgan fingerprint density at radius 1 is 1.11 bits per heavy atom. The summed E-state index contributed by atoms with van der Waals surface area (Å²) in [5.41, 5.74) is 1.59. The molecule has 1 N–H and O–H groups in total. The number of ether oxygens (including phenoxy) is 1. The fourth-order valence-electron chi connectivity index (χ4n) is 4.75. The Hall–Kier alpha value is -3.78. The Morgan fingerprint density at radius 2 is 1.86 bits per heavy atom. The van der Waals surface area contributed by atoms with Crippen LogP contribution in [0.4, 0.5) is 10.1 Å². The van der Waals surface area contributed by atoms with Crippen LogP contribution in [-0.2, 0) is 6.54 Å². The number of benzene rings is 2. The highest BCUT2D eigenvalue weighted by atomic mass is 19.1. The molecule has 7 nitrogen and oxygen atoms in total. The lowest BCUT2D eigenvalue weighted by Gasteiger charge is -2.50. The number of halogens is 1. The van der Waals surface area contributed by atoms with Gasteiger partial charge in [0, 0.05) is 43.6 Å². The summed E-state index contributed by atoms with van der Waals surface area (Å²) in [5.74, 6) is -0.315. The predicted molar refractivity (Wildman–Crippen MR) is 130 cm³/mol. The van der Waals surface area contributed by atoms with Crippen LogP contribution in [0.5, 0.6) is 5.75 Å². The van der Waals surface area contributed by atoms with Gasteiger partial charge >= 0.3 is 0 Å². The van der Waals surface area contributed by atoms with Gasteiger partial charge in [-0.15, -0.1) is 0 Å². The summed E-state index contributed by atoms with van der Waals surface area (Å²) in [6, 6.07) is 15.0. The fraction of sp³-hybridized carbons (Fsp3) is 0.296. The van der Waals surface area contributed by atoms with Gasteiger partial charge in [0.2, 0.25) is 0 Å².